The second kappa shape index (κ2) is 16.2. The molecule has 2 amide bonds. The number of anilines is 2. The van der Waals surface area contributed by atoms with E-state index < -0.39 is 22.5 Å². The fourth-order valence-electron chi connectivity index (χ4n) is 4.37. The number of carbonyl (C=O) groups excluding carboxylic acids is 2. The molecule has 48 heavy (non-hydrogen) atoms. The number of ether oxygens (including phenoxy) is 5. The number of nitrogens with zero attached hydrogens (tertiary/aromatic N) is 2. The Bertz CT molecular complexity index is 1860. The molecule has 4 rings (SSSR count). The highest BCUT2D eigenvalue weighted by molar-refractivity contribution is 7.92. The maximum atomic E-state index is 14.0. The van der Waals surface area contributed by atoms with E-state index in [0.29, 0.717) is 28.5 Å². The summed E-state index contributed by atoms with van der Waals surface area (Å²) in [5.74, 6) is 0.464. The van der Waals surface area contributed by atoms with Gasteiger partial charge in [0.05, 0.1) is 45.2 Å². The van der Waals surface area contributed by atoms with Gasteiger partial charge in [0.2, 0.25) is 0 Å². The van der Waals surface area contributed by atoms with Crippen LogP contribution in [0.25, 0.3) is 0 Å². The van der Waals surface area contributed by atoms with Crippen LogP contribution in [0.15, 0.2) is 94.9 Å². The molecule has 0 radical (unpaired) electrons. The van der Waals surface area contributed by atoms with E-state index in [1.54, 1.807) is 30.3 Å². The molecule has 0 atom stereocenters. The van der Waals surface area contributed by atoms with Crippen LogP contribution in [-0.2, 0) is 19.6 Å². The highest BCUT2D eigenvalue weighted by atomic mass is 32.2. The van der Waals surface area contributed by atoms with Gasteiger partial charge >= 0.3 is 0 Å². The van der Waals surface area contributed by atoms with E-state index >= 15 is 0 Å². The number of carbonyl (C=O) groups is 2. The first-order valence-corrected chi connectivity index (χ1v) is 15.9. The number of benzene rings is 4. The third-order valence-electron chi connectivity index (χ3n) is 6.87. The molecule has 0 unspecified atom stereocenters. The molecule has 0 saturated carbocycles. The summed E-state index contributed by atoms with van der Waals surface area (Å²) >= 11 is 0. The maximum absolute atomic E-state index is 14.0. The van der Waals surface area contributed by atoms with Crippen LogP contribution in [0.5, 0.6) is 28.7 Å². The Kier molecular flexibility index (Phi) is 11.8. The lowest BCUT2D eigenvalue weighted by Gasteiger charge is -2.26. The van der Waals surface area contributed by atoms with Gasteiger partial charge in [0.15, 0.2) is 18.1 Å². The van der Waals surface area contributed by atoms with E-state index in [4.69, 9.17) is 23.7 Å². The van der Waals surface area contributed by atoms with Gasteiger partial charge in [-0.1, -0.05) is 17.7 Å². The first kappa shape index (κ1) is 35.1. The zero-order valence-electron chi connectivity index (χ0n) is 27.1. The molecule has 0 spiro atoms. The zero-order valence-corrected chi connectivity index (χ0v) is 27.9. The Hall–Kier alpha value is -5.76. The van der Waals surface area contributed by atoms with Gasteiger partial charge in [0.25, 0.3) is 21.8 Å². The van der Waals surface area contributed by atoms with E-state index in [-0.39, 0.29) is 34.6 Å². The van der Waals surface area contributed by atoms with Crippen LogP contribution in [0.1, 0.15) is 11.1 Å². The van der Waals surface area contributed by atoms with Crippen molar-refractivity contribution in [1.82, 2.24) is 5.43 Å². The van der Waals surface area contributed by atoms with Gasteiger partial charge in [-0.15, -0.1) is 0 Å². The molecule has 252 valence electrons. The largest absolute Gasteiger partial charge is 0.497 e. The Morgan fingerprint density at radius 2 is 1.40 bits per heavy atom. The minimum atomic E-state index is -4.37. The number of hydrogen-bond donors (Lipinski definition) is 2. The summed E-state index contributed by atoms with van der Waals surface area (Å²) in [4.78, 5) is 25.2. The maximum Gasteiger partial charge on any atom is 0.265 e. The van der Waals surface area contributed by atoms with Crippen LogP contribution >= 0.6 is 0 Å². The second-order valence-electron chi connectivity index (χ2n) is 10.1. The molecule has 0 aliphatic heterocycles. The highest BCUT2D eigenvalue weighted by Gasteiger charge is 2.31. The Labute approximate surface area is 279 Å². The van der Waals surface area contributed by atoms with Crippen molar-refractivity contribution < 1.29 is 41.7 Å². The minimum absolute atomic E-state index is 0.0638. The number of amides is 2. The number of rotatable bonds is 15. The molecule has 0 saturated heterocycles. The Balaban J connectivity index is 1.46. The van der Waals surface area contributed by atoms with Gasteiger partial charge < -0.3 is 29.0 Å². The number of nitrogens with one attached hydrogen (secondary N) is 2. The third-order valence-corrected chi connectivity index (χ3v) is 8.63. The Morgan fingerprint density at radius 1 is 0.750 bits per heavy atom. The normalized spacial score (nSPS) is 11.0. The molecule has 0 heterocycles. The molecular weight excluding hydrogens is 640 g/mol. The van der Waals surface area contributed by atoms with Crippen molar-refractivity contribution in [2.45, 2.75) is 11.8 Å². The average molecular weight is 677 g/mol. The van der Waals surface area contributed by atoms with Crippen LogP contribution < -0.4 is 38.7 Å². The van der Waals surface area contributed by atoms with Crippen LogP contribution in [-0.4, -0.2) is 68.0 Å². The zero-order chi connectivity index (χ0) is 34.7. The minimum Gasteiger partial charge on any atom is -0.497 e. The smallest absolute Gasteiger partial charge is 0.265 e. The van der Waals surface area contributed by atoms with Crippen LogP contribution in [0.3, 0.4) is 0 Å². The number of methoxy groups -OCH3 is 4. The predicted molar refractivity (Wildman–Crippen MR) is 181 cm³/mol. The SMILES string of the molecule is COc1ccc(OC)c(N(CC(=O)N/N=C\c2ccc(OCC(=O)Nc3ccc(C)cc3)cc2)S(=O)(=O)c2ccc(OC)c(OC)c2)c1. The lowest BCUT2D eigenvalue weighted by Crippen LogP contribution is -2.39. The number of hydrogen-bond acceptors (Lipinski definition) is 10. The molecule has 4 aromatic carbocycles. The monoisotopic (exact) mass is 676 g/mol. The first-order chi connectivity index (χ1) is 23.1. The fraction of sp³-hybridized carbons (Fsp3) is 0.206. The van der Waals surface area contributed by atoms with Gasteiger partial charge in [0, 0.05) is 17.8 Å². The van der Waals surface area contributed by atoms with Crippen molar-refractivity contribution in [2.24, 2.45) is 5.10 Å². The third kappa shape index (κ3) is 8.94. The van der Waals surface area contributed by atoms with Crippen LogP contribution in [0.4, 0.5) is 11.4 Å². The van der Waals surface area contributed by atoms with Crippen LogP contribution in [0, 0.1) is 6.92 Å². The number of hydrazone groups is 1. The van der Waals surface area contributed by atoms with E-state index in [1.165, 1.54) is 65.0 Å². The van der Waals surface area contributed by atoms with Gasteiger partial charge in [-0.25, -0.2) is 13.8 Å². The van der Waals surface area contributed by atoms with Crippen molar-refractivity contribution in [3.8, 4) is 28.7 Å². The number of sulfonamides is 1. The van der Waals surface area contributed by atoms with Gasteiger partial charge in [-0.2, -0.15) is 5.10 Å². The quantitative estimate of drug-likeness (QED) is 0.138. The Morgan fingerprint density at radius 3 is 2.04 bits per heavy atom. The summed E-state index contributed by atoms with van der Waals surface area (Å²) in [7, 11) is 1.26. The molecule has 0 fully saturated rings. The summed E-state index contributed by atoms with van der Waals surface area (Å²) in [5, 5.41) is 6.75. The molecule has 0 aliphatic carbocycles. The summed E-state index contributed by atoms with van der Waals surface area (Å²) in [6.07, 6.45) is 1.38. The van der Waals surface area contributed by atoms with E-state index in [1.807, 2.05) is 31.2 Å². The van der Waals surface area contributed by atoms with Crippen molar-refractivity contribution in [3.05, 3.63) is 96.1 Å². The molecule has 4 aromatic rings. The summed E-state index contributed by atoms with van der Waals surface area (Å²) < 4.78 is 55.7. The predicted octanol–water partition coefficient (Wildman–Crippen LogP) is 4.39. The molecule has 0 bridgehead atoms. The average Bonchev–Trinajstić information content (AvgIpc) is 3.10. The molecule has 0 aromatic heterocycles. The van der Waals surface area contributed by atoms with Gasteiger partial charge in [-0.05, 0) is 73.2 Å². The summed E-state index contributed by atoms with van der Waals surface area (Å²) in [6.45, 7) is 1.12. The topological polar surface area (TPSA) is 154 Å². The number of aryl methyl sites for hydroxylation is 1. The summed E-state index contributed by atoms with van der Waals surface area (Å²) in [5.41, 5.74) is 4.80. The van der Waals surface area contributed by atoms with Crippen molar-refractivity contribution in [1.29, 1.82) is 0 Å². The van der Waals surface area contributed by atoms with Crippen molar-refractivity contribution in [2.75, 3.05) is 51.2 Å². The highest BCUT2D eigenvalue weighted by Crippen LogP contribution is 2.37. The first-order valence-electron chi connectivity index (χ1n) is 14.5. The lowest BCUT2D eigenvalue weighted by molar-refractivity contribution is -0.119. The van der Waals surface area contributed by atoms with Crippen molar-refractivity contribution >= 4 is 39.4 Å². The van der Waals surface area contributed by atoms with E-state index in [9.17, 15) is 18.0 Å². The van der Waals surface area contributed by atoms with Gasteiger partial charge in [-0.3, -0.25) is 13.9 Å². The molecule has 2 N–H and O–H groups in total. The molecule has 14 heteroatoms. The lowest BCUT2D eigenvalue weighted by atomic mass is 10.2. The fourth-order valence-corrected chi connectivity index (χ4v) is 5.81. The van der Waals surface area contributed by atoms with Crippen LogP contribution in [0.2, 0.25) is 0 Å². The molecule has 13 nitrogen and oxygen atoms in total. The van der Waals surface area contributed by atoms with E-state index in [2.05, 4.69) is 15.8 Å². The standard InChI is InChI=1S/C34H36N4O9S/c1-23-6-10-25(11-7-23)36-34(40)22-47-26-12-8-24(9-13-26)20-35-37-33(39)21-38(29-18-27(43-2)14-16-30(29)44-3)48(41,42)28-15-17-31(45-4)32(19-28)46-5/h6-20H,21-22H2,1-5H3,(H,36,40)(H,37,39)/b35-20-. The van der Waals surface area contributed by atoms with Crippen molar-refractivity contribution in [3.63, 3.8) is 0 Å². The molecular formula is C34H36N4O9S. The van der Waals surface area contributed by atoms with Gasteiger partial charge in [0.1, 0.15) is 23.8 Å². The molecule has 0 aliphatic rings. The summed E-state index contributed by atoms with van der Waals surface area (Å²) in [6, 6.07) is 22.7. The van der Waals surface area contributed by atoms with E-state index in [0.717, 1.165) is 9.87 Å². The second-order valence-corrected chi connectivity index (χ2v) is 12.0.